The van der Waals surface area contributed by atoms with Crippen LogP contribution in [0.1, 0.15) is 22.3 Å². The Bertz CT molecular complexity index is 967. The fourth-order valence-corrected chi connectivity index (χ4v) is 3.15. The normalized spacial score (nSPS) is 10.6. The first-order valence-corrected chi connectivity index (χ1v) is 8.88. The second kappa shape index (κ2) is 8.04. The molecule has 0 aliphatic heterocycles. The molecular weight excluding hydrogens is 373 g/mol. The summed E-state index contributed by atoms with van der Waals surface area (Å²) in [7, 11) is 0. The summed E-state index contributed by atoms with van der Waals surface area (Å²) in [6.45, 7) is 3.57. The second-order valence-electron chi connectivity index (χ2n) is 5.51. The van der Waals surface area contributed by atoms with Crippen LogP contribution in [0.25, 0.3) is 11.3 Å². The number of rotatable bonds is 6. The lowest BCUT2D eigenvalue weighted by molar-refractivity contribution is -0.116. The van der Waals surface area contributed by atoms with Gasteiger partial charge in [0, 0.05) is 5.56 Å². The Balaban J connectivity index is 1.64. The van der Waals surface area contributed by atoms with E-state index in [0.717, 1.165) is 11.3 Å². The summed E-state index contributed by atoms with van der Waals surface area (Å²) in [6.07, 6.45) is 1.59. The molecule has 10 heteroatoms. The summed E-state index contributed by atoms with van der Waals surface area (Å²) < 4.78 is 19.3. The fraction of sp³-hybridized carbons (Fsp3) is 0.235. The van der Waals surface area contributed by atoms with Crippen molar-refractivity contribution in [2.45, 2.75) is 20.4 Å². The van der Waals surface area contributed by atoms with E-state index in [2.05, 4.69) is 20.6 Å². The van der Waals surface area contributed by atoms with Crippen molar-refractivity contribution in [3.05, 3.63) is 46.9 Å². The first kappa shape index (κ1) is 18.6. The van der Waals surface area contributed by atoms with Crippen molar-refractivity contribution in [3.8, 4) is 11.3 Å². The van der Waals surface area contributed by atoms with Crippen LogP contribution in [0.4, 0.5) is 9.52 Å². The number of carbonyl (C=O) groups is 2. The van der Waals surface area contributed by atoms with Gasteiger partial charge in [-0.1, -0.05) is 16.6 Å². The van der Waals surface area contributed by atoms with Crippen LogP contribution in [-0.2, 0) is 16.1 Å². The highest BCUT2D eigenvalue weighted by atomic mass is 32.1. The topological polar surface area (TPSA) is 99.0 Å². The van der Waals surface area contributed by atoms with Gasteiger partial charge < -0.3 is 10.1 Å². The van der Waals surface area contributed by atoms with Gasteiger partial charge in [0.2, 0.25) is 5.91 Å². The molecule has 2 heterocycles. The highest BCUT2D eigenvalue weighted by Gasteiger charge is 2.18. The first-order chi connectivity index (χ1) is 13.0. The third-order valence-electron chi connectivity index (χ3n) is 3.49. The van der Waals surface area contributed by atoms with Crippen LogP contribution in [0, 0.1) is 12.7 Å². The van der Waals surface area contributed by atoms with Gasteiger partial charge in [-0.2, -0.15) is 0 Å². The van der Waals surface area contributed by atoms with Crippen molar-refractivity contribution >= 4 is 28.3 Å². The summed E-state index contributed by atoms with van der Waals surface area (Å²) in [6, 6.07) is 5.82. The van der Waals surface area contributed by atoms with Gasteiger partial charge in [-0.15, -0.1) is 5.10 Å². The molecule has 0 atom stereocenters. The molecule has 3 aromatic rings. The van der Waals surface area contributed by atoms with Gasteiger partial charge in [0.25, 0.3) is 0 Å². The van der Waals surface area contributed by atoms with E-state index in [0.29, 0.717) is 27.0 Å². The molecule has 8 nitrogen and oxygen atoms in total. The summed E-state index contributed by atoms with van der Waals surface area (Å²) >= 11 is 1.05. The molecule has 0 saturated carbocycles. The molecular formula is C17H16FN5O3S. The van der Waals surface area contributed by atoms with Crippen LogP contribution in [0.2, 0.25) is 0 Å². The maximum absolute atomic E-state index is 13.0. The standard InChI is InChI=1S/C17H16FN5O3S/c1-3-26-16(25)15-10(2)19-17(27-15)20-14(24)9-23-8-13(21-22-23)11-4-6-12(18)7-5-11/h4-8H,3,9H2,1-2H3,(H,19,20,24). The molecule has 140 valence electrons. The highest BCUT2D eigenvalue weighted by Crippen LogP contribution is 2.23. The van der Waals surface area contributed by atoms with Crippen LogP contribution in [0.3, 0.4) is 0 Å². The number of aromatic nitrogens is 4. The molecule has 0 radical (unpaired) electrons. The molecule has 0 bridgehead atoms. The predicted octanol–water partition coefficient (Wildman–Crippen LogP) is 2.66. The van der Waals surface area contributed by atoms with Crippen LogP contribution in [0.15, 0.2) is 30.5 Å². The van der Waals surface area contributed by atoms with Crippen molar-refractivity contribution in [2.24, 2.45) is 0 Å². The number of hydrogen-bond acceptors (Lipinski definition) is 7. The predicted molar refractivity (Wildman–Crippen MR) is 96.9 cm³/mol. The molecule has 0 fully saturated rings. The molecule has 3 rings (SSSR count). The van der Waals surface area contributed by atoms with Crippen LogP contribution in [0.5, 0.6) is 0 Å². The zero-order valence-corrected chi connectivity index (χ0v) is 15.4. The van der Waals surface area contributed by atoms with E-state index in [1.165, 1.54) is 16.8 Å². The van der Waals surface area contributed by atoms with E-state index in [9.17, 15) is 14.0 Å². The zero-order valence-electron chi connectivity index (χ0n) is 14.6. The Kier molecular flexibility index (Phi) is 5.55. The summed E-state index contributed by atoms with van der Waals surface area (Å²) in [5, 5.41) is 10.8. The van der Waals surface area contributed by atoms with Crippen molar-refractivity contribution in [2.75, 3.05) is 11.9 Å². The largest absolute Gasteiger partial charge is 0.462 e. The van der Waals surface area contributed by atoms with Gasteiger partial charge >= 0.3 is 5.97 Å². The molecule has 1 amide bonds. The molecule has 2 aromatic heterocycles. The number of aryl methyl sites for hydroxylation is 1. The third-order valence-corrected chi connectivity index (χ3v) is 4.54. The number of esters is 1. The lowest BCUT2D eigenvalue weighted by Crippen LogP contribution is -2.19. The first-order valence-electron chi connectivity index (χ1n) is 8.06. The van der Waals surface area contributed by atoms with Gasteiger partial charge in [-0.3, -0.25) is 4.79 Å². The molecule has 27 heavy (non-hydrogen) atoms. The lowest BCUT2D eigenvalue weighted by Gasteiger charge is -2.01. The van der Waals surface area contributed by atoms with Gasteiger partial charge in [-0.05, 0) is 38.1 Å². The quantitative estimate of drug-likeness (QED) is 0.651. The monoisotopic (exact) mass is 389 g/mol. The number of nitrogens with one attached hydrogen (secondary N) is 1. The van der Waals surface area contributed by atoms with Crippen molar-refractivity contribution in [1.82, 2.24) is 20.0 Å². The van der Waals surface area contributed by atoms with Gasteiger partial charge in [-0.25, -0.2) is 18.9 Å². The summed E-state index contributed by atoms with van der Waals surface area (Å²) in [5.74, 6) is -1.17. The molecule has 0 aliphatic carbocycles. The van der Waals surface area contributed by atoms with Gasteiger partial charge in [0.15, 0.2) is 5.13 Å². The van der Waals surface area contributed by atoms with Gasteiger partial charge in [0.05, 0.1) is 18.5 Å². The van der Waals surface area contributed by atoms with Crippen LogP contribution in [-0.4, -0.2) is 38.5 Å². The van der Waals surface area contributed by atoms with Crippen molar-refractivity contribution in [3.63, 3.8) is 0 Å². The van der Waals surface area contributed by atoms with E-state index in [4.69, 9.17) is 4.74 Å². The smallest absolute Gasteiger partial charge is 0.350 e. The minimum Gasteiger partial charge on any atom is -0.462 e. The number of carbonyl (C=O) groups excluding carboxylic acids is 2. The van der Waals surface area contributed by atoms with E-state index in [-0.39, 0.29) is 24.9 Å². The molecule has 1 aromatic carbocycles. The molecule has 0 spiro atoms. The average Bonchev–Trinajstić information content (AvgIpc) is 3.22. The van der Waals surface area contributed by atoms with E-state index >= 15 is 0 Å². The number of halogens is 1. The number of amides is 1. The Morgan fingerprint density at radius 3 is 2.74 bits per heavy atom. The Hall–Kier alpha value is -3.14. The van der Waals surface area contributed by atoms with E-state index < -0.39 is 5.97 Å². The molecule has 0 aliphatic rings. The number of nitrogens with zero attached hydrogens (tertiary/aromatic N) is 4. The van der Waals surface area contributed by atoms with Gasteiger partial charge in [0.1, 0.15) is 22.9 Å². The number of hydrogen-bond donors (Lipinski definition) is 1. The van der Waals surface area contributed by atoms with Crippen LogP contribution >= 0.6 is 11.3 Å². The van der Waals surface area contributed by atoms with E-state index in [1.807, 2.05) is 0 Å². The molecule has 1 N–H and O–H groups in total. The number of ether oxygens (including phenoxy) is 1. The number of benzene rings is 1. The summed E-state index contributed by atoms with van der Waals surface area (Å²) in [4.78, 5) is 28.5. The Morgan fingerprint density at radius 1 is 1.30 bits per heavy atom. The Labute approximate surface area is 158 Å². The SMILES string of the molecule is CCOC(=O)c1sc(NC(=O)Cn2cc(-c3ccc(F)cc3)nn2)nc1C. The zero-order chi connectivity index (χ0) is 19.4. The third kappa shape index (κ3) is 4.53. The minimum atomic E-state index is -0.465. The van der Waals surface area contributed by atoms with Crippen molar-refractivity contribution in [1.29, 1.82) is 0 Å². The Morgan fingerprint density at radius 2 is 2.04 bits per heavy atom. The second-order valence-corrected chi connectivity index (χ2v) is 6.51. The fourth-order valence-electron chi connectivity index (χ4n) is 2.27. The maximum Gasteiger partial charge on any atom is 0.350 e. The van der Waals surface area contributed by atoms with Crippen molar-refractivity contribution < 1.29 is 18.7 Å². The minimum absolute atomic E-state index is 0.0818. The molecule has 0 unspecified atom stereocenters. The average molecular weight is 389 g/mol. The summed E-state index contributed by atoms with van der Waals surface area (Å²) in [5.41, 5.74) is 1.71. The van der Waals surface area contributed by atoms with E-state index in [1.54, 1.807) is 32.2 Å². The lowest BCUT2D eigenvalue weighted by atomic mass is 10.2. The number of thiazole rings is 1. The number of anilines is 1. The van der Waals surface area contributed by atoms with Crippen LogP contribution < -0.4 is 5.32 Å². The highest BCUT2D eigenvalue weighted by molar-refractivity contribution is 7.17. The maximum atomic E-state index is 13.0. The molecule has 0 saturated heterocycles.